The van der Waals surface area contributed by atoms with E-state index >= 15 is 0 Å². The number of carbonyl (C=O) groups is 1. The number of methoxy groups -OCH3 is 2. The van der Waals surface area contributed by atoms with Crippen LogP contribution >= 0.6 is 0 Å². The van der Waals surface area contributed by atoms with Gasteiger partial charge in [0.25, 0.3) is 0 Å². The van der Waals surface area contributed by atoms with Crippen molar-refractivity contribution in [1.82, 2.24) is 4.98 Å². The number of hydrogen-bond acceptors (Lipinski definition) is 4. The lowest BCUT2D eigenvalue weighted by Crippen LogP contribution is -1.93. The van der Waals surface area contributed by atoms with Gasteiger partial charge in [0.1, 0.15) is 17.2 Å². The minimum absolute atomic E-state index is 0.415. The van der Waals surface area contributed by atoms with Crippen LogP contribution in [0.15, 0.2) is 48.5 Å². The summed E-state index contributed by atoms with van der Waals surface area (Å²) in [6.07, 6.45) is 0.747. The minimum Gasteiger partial charge on any atom is -0.497 e. The third kappa shape index (κ3) is 2.39. The van der Waals surface area contributed by atoms with Crippen LogP contribution in [-0.4, -0.2) is 25.5 Å². The van der Waals surface area contributed by atoms with Gasteiger partial charge >= 0.3 is 0 Å². The van der Waals surface area contributed by atoms with Crippen LogP contribution in [0.2, 0.25) is 0 Å². The number of pyridine rings is 1. The van der Waals surface area contributed by atoms with Crippen LogP contribution in [0.1, 0.15) is 10.5 Å². The Bertz CT molecular complexity index is 826. The summed E-state index contributed by atoms with van der Waals surface area (Å²) in [7, 11) is 3.28. The normalized spacial score (nSPS) is 10.5. The van der Waals surface area contributed by atoms with Crippen molar-refractivity contribution < 1.29 is 14.3 Å². The number of aromatic nitrogens is 1. The van der Waals surface area contributed by atoms with Crippen LogP contribution in [0, 0.1) is 0 Å². The highest BCUT2D eigenvalue weighted by molar-refractivity contribution is 5.99. The number of aldehydes is 1. The molecular formula is C18H15NO3. The molecule has 1 aromatic heterocycles. The monoisotopic (exact) mass is 293 g/mol. The van der Waals surface area contributed by atoms with Gasteiger partial charge in [-0.05, 0) is 42.0 Å². The number of benzene rings is 2. The van der Waals surface area contributed by atoms with Gasteiger partial charge in [-0.1, -0.05) is 12.1 Å². The topological polar surface area (TPSA) is 48.4 Å². The Morgan fingerprint density at radius 3 is 2.32 bits per heavy atom. The molecule has 0 saturated carbocycles. The Kier molecular flexibility index (Phi) is 3.74. The van der Waals surface area contributed by atoms with E-state index in [2.05, 4.69) is 4.98 Å². The first-order valence-corrected chi connectivity index (χ1v) is 6.84. The molecule has 0 spiro atoms. The second kappa shape index (κ2) is 5.85. The van der Waals surface area contributed by atoms with Gasteiger partial charge < -0.3 is 9.47 Å². The molecule has 1 heterocycles. The van der Waals surface area contributed by atoms with Crippen LogP contribution in [-0.2, 0) is 0 Å². The average Bonchev–Trinajstić information content (AvgIpc) is 2.60. The van der Waals surface area contributed by atoms with Crippen molar-refractivity contribution in [2.24, 2.45) is 0 Å². The predicted molar refractivity (Wildman–Crippen MR) is 85.7 cm³/mol. The maximum atomic E-state index is 10.9. The van der Waals surface area contributed by atoms with Crippen molar-refractivity contribution in [3.63, 3.8) is 0 Å². The van der Waals surface area contributed by atoms with E-state index in [9.17, 15) is 4.79 Å². The van der Waals surface area contributed by atoms with Crippen molar-refractivity contribution in [3.8, 4) is 22.6 Å². The van der Waals surface area contributed by atoms with Crippen molar-refractivity contribution in [2.45, 2.75) is 0 Å². The fourth-order valence-corrected chi connectivity index (χ4v) is 2.49. The van der Waals surface area contributed by atoms with Gasteiger partial charge in [-0.3, -0.25) is 4.79 Å². The van der Waals surface area contributed by atoms with Crippen LogP contribution < -0.4 is 9.47 Å². The fourth-order valence-electron chi connectivity index (χ4n) is 2.49. The lowest BCUT2D eigenvalue weighted by molar-refractivity contribution is 0.111. The molecule has 3 rings (SSSR count). The van der Waals surface area contributed by atoms with Gasteiger partial charge in [-0.2, -0.15) is 0 Å². The summed E-state index contributed by atoms with van der Waals surface area (Å²) in [6.45, 7) is 0. The van der Waals surface area contributed by atoms with E-state index in [-0.39, 0.29) is 0 Å². The van der Waals surface area contributed by atoms with Crippen LogP contribution in [0.3, 0.4) is 0 Å². The van der Waals surface area contributed by atoms with Crippen LogP contribution in [0.25, 0.3) is 22.0 Å². The molecule has 0 aliphatic heterocycles. The molecule has 0 aliphatic carbocycles. The molecule has 3 aromatic rings. The number of hydrogen-bond donors (Lipinski definition) is 0. The maximum absolute atomic E-state index is 10.9. The molecule has 0 amide bonds. The first kappa shape index (κ1) is 14.1. The predicted octanol–water partition coefficient (Wildman–Crippen LogP) is 3.73. The molecule has 0 fully saturated rings. The minimum atomic E-state index is 0.415. The number of carbonyl (C=O) groups excluding carboxylic acids is 1. The van der Waals surface area contributed by atoms with Gasteiger partial charge in [0.05, 0.1) is 19.7 Å². The zero-order valence-corrected chi connectivity index (χ0v) is 12.4. The summed E-state index contributed by atoms with van der Waals surface area (Å²) in [5.74, 6) is 1.56. The van der Waals surface area contributed by atoms with Crippen LogP contribution in [0.4, 0.5) is 0 Å². The Morgan fingerprint density at radius 2 is 1.68 bits per heavy atom. The average molecular weight is 293 g/mol. The molecule has 4 heteroatoms. The Morgan fingerprint density at radius 1 is 0.909 bits per heavy atom. The summed E-state index contributed by atoms with van der Waals surface area (Å²) >= 11 is 0. The number of rotatable bonds is 4. The highest BCUT2D eigenvalue weighted by Gasteiger charge is 2.12. The SMILES string of the molecule is COc1ccc(-c2c(OC)ccc3nc(C=O)ccc23)cc1. The molecule has 2 aromatic carbocycles. The molecule has 110 valence electrons. The van der Waals surface area contributed by atoms with Crippen molar-refractivity contribution in [1.29, 1.82) is 0 Å². The van der Waals surface area contributed by atoms with E-state index in [1.165, 1.54) is 0 Å². The molecule has 0 unspecified atom stereocenters. The molecule has 0 bridgehead atoms. The van der Waals surface area contributed by atoms with E-state index in [4.69, 9.17) is 9.47 Å². The van der Waals surface area contributed by atoms with Crippen LogP contribution in [0.5, 0.6) is 11.5 Å². The molecule has 22 heavy (non-hydrogen) atoms. The van der Waals surface area contributed by atoms with E-state index in [1.807, 2.05) is 42.5 Å². The molecule has 0 radical (unpaired) electrons. The third-order valence-electron chi connectivity index (χ3n) is 3.57. The highest BCUT2D eigenvalue weighted by Crippen LogP contribution is 2.37. The summed E-state index contributed by atoms with van der Waals surface area (Å²) < 4.78 is 10.7. The molecule has 0 saturated heterocycles. The van der Waals surface area contributed by atoms with Crippen molar-refractivity contribution >= 4 is 17.2 Å². The zero-order valence-electron chi connectivity index (χ0n) is 12.4. The van der Waals surface area contributed by atoms with Gasteiger partial charge in [0, 0.05) is 10.9 Å². The fraction of sp³-hybridized carbons (Fsp3) is 0.111. The van der Waals surface area contributed by atoms with Crippen molar-refractivity contribution in [3.05, 3.63) is 54.2 Å². The largest absolute Gasteiger partial charge is 0.497 e. The van der Waals surface area contributed by atoms with Gasteiger partial charge in [0.15, 0.2) is 6.29 Å². The van der Waals surface area contributed by atoms with Gasteiger partial charge in [0.2, 0.25) is 0 Å². The smallest absolute Gasteiger partial charge is 0.168 e. The third-order valence-corrected chi connectivity index (χ3v) is 3.57. The Labute approximate surface area is 128 Å². The molecule has 0 atom stereocenters. The second-order valence-corrected chi connectivity index (χ2v) is 4.79. The molecule has 4 nitrogen and oxygen atoms in total. The highest BCUT2D eigenvalue weighted by atomic mass is 16.5. The van der Waals surface area contributed by atoms with E-state index in [1.54, 1.807) is 20.3 Å². The standard InChI is InChI=1S/C18H15NO3/c1-21-14-6-3-12(4-7-14)18-15-8-5-13(11-20)19-16(15)9-10-17(18)22-2/h3-11H,1-2H3. The summed E-state index contributed by atoms with van der Waals surface area (Å²) in [4.78, 5) is 15.2. The summed E-state index contributed by atoms with van der Waals surface area (Å²) in [5, 5.41) is 0.940. The lowest BCUT2D eigenvalue weighted by Gasteiger charge is -2.12. The molecular weight excluding hydrogens is 278 g/mol. The quantitative estimate of drug-likeness (QED) is 0.688. The first-order chi connectivity index (χ1) is 10.8. The number of ether oxygens (including phenoxy) is 2. The Hall–Kier alpha value is -2.88. The molecule has 0 aliphatic rings. The van der Waals surface area contributed by atoms with E-state index in [0.717, 1.165) is 39.8 Å². The molecule has 0 N–H and O–H groups in total. The summed E-state index contributed by atoms with van der Waals surface area (Å²) in [5.41, 5.74) is 3.13. The van der Waals surface area contributed by atoms with Crippen molar-refractivity contribution in [2.75, 3.05) is 14.2 Å². The zero-order chi connectivity index (χ0) is 15.5. The van der Waals surface area contributed by atoms with E-state index < -0.39 is 0 Å². The maximum Gasteiger partial charge on any atom is 0.168 e. The van der Waals surface area contributed by atoms with E-state index in [0.29, 0.717) is 5.69 Å². The first-order valence-electron chi connectivity index (χ1n) is 6.84. The lowest BCUT2D eigenvalue weighted by atomic mass is 9.99. The van der Waals surface area contributed by atoms with Gasteiger partial charge in [-0.25, -0.2) is 4.98 Å². The Balaban J connectivity index is 2.26. The number of fused-ring (bicyclic) bond motifs is 1. The second-order valence-electron chi connectivity index (χ2n) is 4.79. The van der Waals surface area contributed by atoms with Gasteiger partial charge in [-0.15, -0.1) is 0 Å². The summed E-state index contributed by atoms with van der Waals surface area (Å²) in [6, 6.07) is 15.1. The number of nitrogens with zero attached hydrogens (tertiary/aromatic N) is 1.